The molecule has 0 unspecified atom stereocenters. The molecule has 0 fully saturated rings. The van der Waals surface area contributed by atoms with Crippen molar-refractivity contribution in [2.24, 2.45) is 7.05 Å². The van der Waals surface area contributed by atoms with Gasteiger partial charge in [0.2, 0.25) is 0 Å². The Morgan fingerprint density at radius 3 is 2.32 bits per heavy atom. The molecule has 2 aromatic carbocycles. The van der Waals surface area contributed by atoms with Crippen molar-refractivity contribution in [3.8, 4) is 0 Å². The second-order valence-electron chi connectivity index (χ2n) is 7.26. The minimum atomic E-state index is -3.91. The molecule has 10 heteroatoms. The van der Waals surface area contributed by atoms with Gasteiger partial charge in [-0.25, -0.2) is 8.42 Å². The zero-order chi connectivity index (χ0) is 23.1. The van der Waals surface area contributed by atoms with Gasteiger partial charge in [-0.3, -0.25) is 9.59 Å². The first-order valence-electron chi connectivity index (χ1n) is 9.21. The van der Waals surface area contributed by atoms with Gasteiger partial charge in [0.15, 0.2) is 15.6 Å². The fourth-order valence-electron chi connectivity index (χ4n) is 3.31. The smallest absolute Gasteiger partial charge is 0.319 e. The number of halogens is 2. The van der Waals surface area contributed by atoms with E-state index in [-0.39, 0.29) is 10.8 Å². The van der Waals surface area contributed by atoms with Crippen LogP contribution in [-0.4, -0.2) is 35.7 Å². The molecule has 1 amide bonds. The van der Waals surface area contributed by atoms with Crippen LogP contribution < -0.4 is 5.32 Å². The summed E-state index contributed by atoms with van der Waals surface area (Å²) in [5.74, 6) is -2.74. The van der Waals surface area contributed by atoms with Gasteiger partial charge in [-0.1, -0.05) is 35.3 Å². The number of rotatable bonds is 6. The predicted molar refractivity (Wildman–Crippen MR) is 120 cm³/mol. The second-order valence-corrected chi connectivity index (χ2v) is 10.0. The number of hydrogen-bond acceptors (Lipinski definition) is 4. The van der Waals surface area contributed by atoms with Gasteiger partial charge in [0.05, 0.1) is 26.5 Å². The lowest BCUT2D eigenvalue weighted by Crippen LogP contribution is -2.28. The number of sulfone groups is 1. The highest BCUT2D eigenvalue weighted by Crippen LogP contribution is 2.35. The molecule has 1 aromatic heterocycles. The van der Waals surface area contributed by atoms with Gasteiger partial charge in [-0.05, 0) is 49.2 Å². The quantitative estimate of drug-likeness (QED) is 0.548. The molecule has 7 nitrogen and oxygen atoms in total. The standard InChI is InChI=1S/C21H20Cl2N2O5S/c1-11-8-16-15(20(23)19(11)22)9-17(25(16)3)21(28)24-12(2)13-4-6-14(7-5-13)31(29,30)10-18(26)27/h4-9,12H,10H2,1-3H3,(H,24,28)(H,26,27)/t12-/m0/s1. The fourth-order valence-corrected chi connectivity index (χ4v) is 4.81. The van der Waals surface area contributed by atoms with Crippen molar-refractivity contribution in [1.82, 2.24) is 9.88 Å². The number of aromatic nitrogens is 1. The molecule has 2 N–H and O–H groups in total. The summed E-state index contributed by atoms with van der Waals surface area (Å²) in [6, 6.07) is 8.85. The highest BCUT2D eigenvalue weighted by atomic mass is 35.5. The Kier molecular flexibility index (Phi) is 6.36. The summed E-state index contributed by atoms with van der Waals surface area (Å²) in [5, 5.41) is 13.1. The van der Waals surface area contributed by atoms with Crippen LogP contribution in [0.25, 0.3) is 10.9 Å². The average molecular weight is 483 g/mol. The molecular formula is C21H20Cl2N2O5S. The van der Waals surface area contributed by atoms with Crippen LogP contribution >= 0.6 is 23.2 Å². The van der Waals surface area contributed by atoms with E-state index in [1.807, 2.05) is 13.0 Å². The Morgan fingerprint density at radius 2 is 1.74 bits per heavy atom. The molecule has 0 aliphatic heterocycles. The highest BCUT2D eigenvalue weighted by Gasteiger charge is 2.21. The SMILES string of the molecule is Cc1cc2c(cc(C(=O)N[C@@H](C)c3ccc(S(=O)(=O)CC(=O)O)cc3)n2C)c(Cl)c1Cl. The molecule has 0 saturated carbocycles. The summed E-state index contributed by atoms with van der Waals surface area (Å²) in [6.07, 6.45) is 0. The van der Waals surface area contributed by atoms with E-state index in [9.17, 15) is 18.0 Å². The topological polar surface area (TPSA) is 105 Å². The van der Waals surface area contributed by atoms with E-state index in [0.29, 0.717) is 26.7 Å². The second kappa shape index (κ2) is 8.53. The number of amides is 1. The van der Waals surface area contributed by atoms with Gasteiger partial charge >= 0.3 is 5.97 Å². The van der Waals surface area contributed by atoms with Gasteiger partial charge in [-0.15, -0.1) is 0 Å². The van der Waals surface area contributed by atoms with E-state index in [1.165, 1.54) is 12.1 Å². The minimum absolute atomic E-state index is 0.0900. The lowest BCUT2D eigenvalue weighted by atomic mass is 10.1. The molecule has 3 rings (SSSR count). The van der Waals surface area contributed by atoms with Gasteiger partial charge < -0.3 is 15.0 Å². The molecule has 1 heterocycles. The van der Waals surface area contributed by atoms with E-state index >= 15 is 0 Å². The largest absolute Gasteiger partial charge is 0.480 e. The summed E-state index contributed by atoms with van der Waals surface area (Å²) in [5.41, 5.74) is 2.64. The number of carbonyl (C=O) groups is 2. The number of nitrogens with zero attached hydrogens (tertiary/aromatic N) is 1. The normalized spacial score (nSPS) is 12.7. The van der Waals surface area contributed by atoms with E-state index in [0.717, 1.165) is 11.1 Å². The summed E-state index contributed by atoms with van der Waals surface area (Å²) >= 11 is 12.6. The molecule has 0 radical (unpaired) electrons. The van der Waals surface area contributed by atoms with Gasteiger partial charge in [-0.2, -0.15) is 0 Å². The molecule has 0 aliphatic rings. The molecule has 0 saturated heterocycles. The number of nitrogens with one attached hydrogen (secondary N) is 1. The Hall–Kier alpha value is -2.55. The van der Waals surface area contributed by atoms with Crippen LogP contribution in [0.4, 0.5) is 0 Å². The van der Waals surface area contributed by atoms with Gasteiger partial charge in [0.1, 0.15) is 5.69 Å². The maximum atomic E-state index is 12.9. The number of carbonyl (C=O) groups excluding carboxylic acids is 1. The van der Waals surface area contributed by atoms with Crippen molar-refractivity contribution in [3.63, 3.8) is 0 Å². The number of carboxylic acids is 1. The molecule has 3 aromatic rings. The van der Waals surface area contributed by atoms with Crippen LogP contribution in [-0.2, 0) is 21.7 Å². The van der Waals surface area contributed by atoms with Gasteiger partial charge in [0.25, 0.3) is 5.91 Å². The third kappa shape index (κ3) is 4.56. The van der Waals surface area contributed by atoms with Crippen molar-refractivity contribution in [3.05, 3.63) is 63.3 Å². The van der Waals surface area contributed by atoms with Crippen molar-refractivity contribution in [2.75, 3.05) is 5.75 Å². The number of fused-ring (bicyclic) bond motifs is 1. The van der Waals surface area contributed by atoms with E-state index < -0.39 is 27.6 Å². The third-order valence-electron chi connectivity index (χ3n) is 5.04. The minimum Gasteiger partial charge on any atom is -0.480 e. The van der Waals surface area contributed by atoms with E-state index in [2.05, 4.69) is 5.32 Å². The monoisotopic (exact) mass is 482 g/mol. The molecule has 1 atom stereocenters. The first-order valence-corrected chi connectivity index (χ1v) is 11.6. The lowest BCUT2D eigenvalue weighted by molar-refractivity contribution is -0.134. The number of aryl methyl sites for hydroxylation is 2. The van der Waals surface area contributed by atoms with Crippen LogP contribution in [0, 0.1) is 6.92 Å². The number of benzene rings is 2. The summed E-state index contributed by atoms with van der Waals surface area (Å²) in [4.78, 5) is 23.5. The average Bonchev–Trinajstić information content (AvgIpc) is 3.02. The summed E-state index contributed by atoms with van der Waals surface area (Å²) in [6.45, 7) is 3.60. The van der Waals surface area contributed by atoms with Crippen LogP contribution in [0.5, 0.6) is 0 Å². The summed E-state index contributed by atoms with van der Waals surface area (Å²) in [7, 11) is -2.16. The zero-order valence-corrected chi connectivity index (χ0v) is 19.3. The highest BCUT2D eigenvalue weighted by molar-refractivity contribution is 7.92. The van der Waals surface area contributed by atoms with Gasteiger partial charge in [0, 0.05) is 12.4 Å². The first kappa shape index (κ1) is 23.1. The summed E-state index contributed by atoms with van der Waals surface area (Å²) < 4.78 is 25.8. The van der Waals surface area contributed by atoms with Crippen LogP contribution in [0.15, 0.2) is 41.3 Å². The van der Waals surface area contributed by atoms with Crippen LogP contribution in [0.1, 0.15) is 34.6 Å². The molecule has 164 valence electrons. The first-order chi connectivity index (χ1) is 14.4. The maximum absolute atomic E-state index is 12.9. The van der Waals surface area contributed by atoms with Crippen molar-refractivity contribution >= 4 is 55.8 Å². The van der Waals surface area contributed by atoms with Crippen molar-refractivity contribution in [1.29, 1.82) is 0 Å². The molecular weight excluding hydrogens is 463 g/mol. The van der Waals surface area contributed by atoms with Crippen LogP contribution in [0.2, 0.25) is 10.0 Å². The zero-order valence-electron chi connectivity index (χ0n) is 16.9. The molecule has 0 aliphatic carbocycles. The fraction of sp³-hybridized carbons (Fsp3) is 0.238. The van der Waals surface area contributed by atoms with Crippen molar-refractivity contribution in [2.45, 2.75) is 24.8 Å². The van der Waals surface area contributed by atoms with Crippen LogP contribution in [0.3, 0.4) is 0 Å². The number of hydrogen-bond donors (Lipinski definition) is 2. The van der Waals surface area contributed by atoms with Crippen molar-refractivity contribution < 1.29 is 23.1 Å². The molecule has 0 spiro atoms. The number of carboxylic acid groups (broad SMARTS) is 1. The Morgan fingerprint density at radius 1 is 1.13 bits per heavy atom. The predicted octanol–water partition coefficient (Wildman–Crippen LogP) is 4.14. The molecule has 31 heavy (non-hydrogen) atoms. The Bertz CT molecular complexity index is 1300. The maximum Gasteiger partial charge on any atom is 0.319 e. The Balaban J connectivity index is 1.83. The Labute approximate surface area is 189 Å². The molecule has 0 bridgehead atoms. The van der Waals surface area contributed by atoms with E-state index in [4.69, 9.17) is 28.3 Å². The number of aliphatic carboxylic acids is 1. The van der Waals surface area contributed by atoms with E-state index in [1.54, 1.807) is 36.7 Å². The lowest BCUT2D eigenvalue weighted by Gasteiger charge is -2.15. The third-order valence-corrected chi connectivity index (χ3v) is 7.64.